The largest absolute Gasteiger partial charge is 0.461 e. The van der Waals surface area contributed by atoms with E-state index in [1.54, 1.807) is 45.0 Å². The molecule has 0 aliphatic carbocycles. The number of ether oxygens (including phenoxy) is 1. The number of halogens is 2. The maximum atomic E-state index is 12.2. The summed E-state index contributed by atoms with van der Waals surface area (Å²) in [4.78, 5) is 35.4. The van der Waals surface area contributed by atoms with Crippen molar-refractivity contribution in [1.82, 2.24) is 20.3 Å². The summed E-state index contributed by atoms with van der Waals surface area (Å²) < 4.78 is 5.05. The molecule has 26 heavy (non-hydrogen) atoms. The lowest BCUT2D eigenvalue weighted by Gasteiger charge is -2.15. The molecule has 2 rings (SSSR count). The Labute approximate surface area is 160 Å². The van der Waals surface area contributed by atoms with Crippen molar-refractivity contribution in [3.05, 3.63) is 40.4 Å². The lowest BCUT2D eigenvalue weighted by atomic mass is 10.2. The van der Waals surface area contributed by atoms with E-state index in [0.717, 1.165) is 0 Å². The summed E-state index contributed by atoms with van der Waals surface area (Å²) in [6.07, 6.45) is -0.246. The SMILES string of the molecule is CC(C)OC(=O)[C@H](C)NC(=O)c1ccc(Nc2nc(Cl)nc(Cl)n2)cc1. The lowest BCUT2D eigenvalue weighted by Crippen LogP contribution is -2.40. The molecule has 0 aliphatic heterocycles. The van der Waals surface area contributed by atoms with Gasteiger partial charge in [0, 0.05) is 11.3 Å². The first-order valence-corrected chi connectivity index (χ1v) is 8.45. The van der Waals surface area contributed by atoms with Gasteiger partial charge in [-0.05, 0) is 68.2 Å². The van der Waals surface area contributed by atoms with Crippen LogP contribution in [0.15, 0.2) is 24.3 Å². The van der Waals surface area contributed by atoms with Crippen molar-refractivity contribution in [2.45, 2.75) is 32.9 Å². The zero-order valence-electron chi connectivity index (χ0n) is 14.3. The molecule has 1 heterocycles. The number of hydrogen-bond acceptors (Lipinski definition) is 7. The number of esters is 1. The Morgan fingerprint density at radius 1 is 1.00 bits per heavy atom. The summed E-state index contributed by atoms with van der Waals surface area (Å²) in [5.74, 6) is -0.705. The van der Waals surface area contributed by atoms with Crippen molar-refractivity contribution in [2.75, 3.05) is 5.32 Å². The van der Waals surface area contributed by atoms with Crippen LogP contribution in [0, 0.1) is 0 Å². The number of rotatable bonds is 6. The minimum Gasteiger partial charge on any atom is -0.461 e. The minimum absolute atomic E-state index is 0.0363. The molecule has 1 atom stereocenters. The van der Waals surface area contributed by atoms with Crippen LogP contribution in [0.25, 0.3) is 0 Å². The topological polar surface area (TPSA) is 106 Å². The zero-order valence-corrected chi connectivity index (χ0v) is 15.8. The van der Waals surface area contributed by atoms with Gasteiger partial charge in [-0.1, -0.05) is 0 Å². The van der Waals surface area contributed by atoms with Gasteiger partial charge in [-0.3, -0.25) is 4.79 Å². The number of anilines is 2. The Balaban J connectivity index is 2.00. The van der Waals surface area contributed by atoms with Crippen molar-refractivity contribution in [3.8, 4) is 0 Å². The predicted octanol–water partition coefficient (Wildman–Crippen LogP) is 2.99. The molecule has 0 saturated carbocycles. The number of benzene rings is 1. The van der Waals surface area contributed by atoms with Gasteiger partial charge < -0.3 is 15.4 Å². The third kappa shape index (κ3) is 5.82. The van der Waals surface area contributed by atoms with Gasteiger partial charge in [0.05, 0.1) is 6.10 Å². The zero-order chi connectivity index (χ0) is 19.3. The number of nitrogens with one attached hydrogen (secondary N) is 2. The number of carbonyl (C=O) groups is 2. The normalized spacial score (nSPS) is 11.8. The van der Waals surface area contributed by atoms with Crippen LogP contribution in [0.3, 0.4) is 0 Å². The van der Waals surface area contributed by atoms with E-state index in [9.17, 15) is 9.59 Å². The van der Waals surface area contributed by atoms with E-state index in [0.29, 0.717) is 11.3 Å². The summed E-state index contributed by atoms with van der Waals surface area (Å²) in [5, 5.41) is 5.41. The van der Waals surface area contributed by atoms with Gasteiger partial charge in [0.1, 0.15) is 6.04 Å². The highest BCUT2D eigenvalue weighted by molar-refractivity contribution is 6.31. The molecule has 1 aromatic heterocycles. The molecule has 0 unspecified atom stereocenters. The van der Waals surface area contributed by atoms with Crippen LogP contribution >= 0.6 is 23.2 Å². The number of hydrogen-bond donors (Lipinski definition) is 2. The molecule has 1 amide bonds. The van der Waals surface area contributed by atoms with Crippen LogP contribution < -0.4 is 10.6 Å². The molecule has 2 aromatic rings. The molecule has 0 radical (unpaired) electrons. The average molecular weight is 398 g/mol. The van der Waals surface area contributed by atoms with Crippen LogP contribution in [0.1, 0.15) is 31.1 Å². The smallest absolute Gasteiger partial charge is 0.328 e. The van der Waals surface area contributed by atoms with Crippen molar-refractivity contribution in [3.63, 3.8) is 0 Å². The Morgan fingerprint density at radius 2 is 1.58 bits per heavy atom. The first kappa shape index (κ1) is 19.9. The summed E-state index contributed by atoms with van der Waals surface area (Å²) in [5.41, 5.74) is 0.999. The van der Waals surface area contributed by atoms with Crippen molar-refractivity contribution in [1.29, 1.82) is 0 Å². The number of nitrogens with zero attached hydrogens (tertiary/aromatic N) is 3. The summed E-state index contributed by atoms with van der Waals surface area (Å²) in [6, 6.07) is 5.72. The second kappa shape index (κ2) is 8.77. The van der Waals surface area contributed by atoms with Crippen molar-refractivity contribution < 1.29 is 14.3 Å². The standard InChI is InChI=1S/C16H17Cl2N5O3/c1-8(2)26-13(25)9(3)19-12(24)10-4-6-11(7-5-10)20-16-22-14(17)21-15(18)23-16/h4-9H,1-3H3,(H,19,24)(H,20,21,22,23)/t9-/m0/s1. The van der Waals surface area contributed by atoms with E-state index in [-0.39, 0.29) is 22.6 Å². The van der Waals surface area contributed by atoms with Crippen LogP contribution in [0.4, 0.5) is 11.6 Å². The second-order valence-corrected chi connectivity index (χ2v) is 6.26. The summed E-state index contributed by atoms with van der Waals surface area (Å²) >= 11 is 11.4. The molecule has 138 valence electrons. The van der Waals surface area contributed by atoms with E-state index < -0.39 is 17.9 Å². The molecular weight excluding hydrogens is 381 g/mol. The van der Waals surface area contributed by atoms with Crippen LogP contribution in [-0.4, -0.2) is 39.0 Å². The van der Waals surface area contributed by atoms with Gasteiger partial charge in [-0.15, -0.1) is 0 Å². The highest BCUT2D eigenvalue weighted by Crippen LogP contribution is 2.16. The number of aromatic nitrogens is 3. The van der Waals surface area contributed by atoms with E-state index in [1.807, 2.05) is 0 Å². The molecule has 0 aliphatic rings. The fourth-order valence-corrected chi connectivity index (χ4v) is 2.25. The van der Waals surface area contributed by atoms with E-state index in [4.69, 9.17) is 27.9 Å². The highest BCUT2D eigenvalue weighted by Gasteiger charge is 2.18. The molecule has 0 fully saturated rings. The highest BCUT2D eigenvalue weighted by atomic mass is 35.5. The van der Waals surface area contributed by atoms with E-state index in [1.165, 1.54) is 0 Å². The molecule has 10 heteroatoms. The summed E-state index contributed by atoms with van der Waals surface area (Å²) in [6.45, 7) is 5.04. The molecule has 8 nitrogen and oxygen atoms in total. The first-order chi connectivity index (χ1) is 12.2. The lowest BCUT2D eigenvalue weighted by molar-refractivity contribution is -0.149. The average Bonchev–Trinajstić information content (AvgIpc) is 2.53. The van der Waals surface area contributed by atoms with Crippen LogP contribution in [-0.2, 0) is 9.53 Å². The van der Waals surface area contributed by atoms with Crippen LogP contribution in [0.5, 0.6) is 0 Å². The van der Waals surface area contributed by atoms with E-state index >= 15 is 0 Å². The molecule has 1 aromatic carbocycles. The third-order valence-corrected chi connectivity index (χ3v) is 3.38. The van der Waals surface area contributed by atoms with Crippen molar-refractivity contribution >= 4 is 46.7 Å². The Morgan fingerprint density at radius 3 is 2.12 bits per heavy atom. The Bertz CT molecular complexity index is 779. The quantitative estimate of drug-likeness (QED) is 0.721. The molecule has 0 saturated heterocycles. The van der Waals surface area contributed by atoms with Crippen molar-refractivity contribution in [2.24, 2.45) is 0 Å². The summed E-state index contributed by atoms with van der Waals surface area (Å²) in [7, 11) is 0. The Kier molecular flexibility index (Phi) is 6.70. The number of amides is 1. The van der Waals surface area contributed by atoms with Gasteiger partial charge in [0.25, 0.3) is 5.91 Å². The fraction of sp³-hybridized carbons (Fsp3) is 0.312. The van der Waals surface area contributed by atoms with Gasteiger partial charge in [-0.2, -0.15) is 15.0 Å². The molecule has 0 spiro atoms. The fourth-order valence-electron chi connectivity index (χ4n) is 1.89. The maximum Gasteiger partial charge on any atom is 0.328 e. The van der Waals surface area contributed by atoms with Crippen LogP contribution in [0.2, 0.25) is 10.6 Å². The van der Waals surface area contributed by atoms with Gasteiger partial charge in [0.15, 0.2) is 0 Å². The maximum absolute atomic E-state index is 12.2. The monoisotopic (exact) mass is 397 g/mol. The van der Waals surface area contributed by atoms with Gasteiger partial charge >= 0.3 is 5.97 Å². The van der Waals surface area contributed by atoms with Gasteiger partial charge in [-0.25, -0.2) is 4.79 Å². The first-order valence-electron chi connectivity index (χ1n) is 7.70. The number of carbonyl (C=O) groups excluding carboxylic acids is 2. The van der Waals surface area contributed by atoms with Gasteiger partial charge in [0.2, 0.25) is 16.5 Å². The molecule has 0 bridgehead atoms. The van der Waals surface area contributed by atoms with E-state index in [2.05, 4.69) is 25.6 Å². The minimum atomic E-state index is -0.753. The third-order valence-electron chi connectivity index (χ3n) is 3.04. The predicted molar refractivity (Wildman–Crippen MR) is 97.7 cm³/mol. The Hall–Kier alpha value is -2.45. The molecule has 2 N–H and O–H groups in total. The molecular formula is C16H17Cl2N5O3. The second-order valence-electron chi connectivity index (χ2n) is 5.58.